The van der Waals surface area contributed by atoms with Gasteiger partial charge >= 0.3 is 11.9 Å². The average molecular weight is 386 g/mol. The number of aliphatic hydroxyl groups is 1. The summed E-state index contributed by atoms with van der Waals surface area (Å²) in [6, 6.07) is 16.9. The van der Waals surface area contributed by atoms with Gasteiger partial charge in [0.05, 0.1) is 11.1 Å². The molecule has 0 aromatic heterocycles. The molecule has 0 saturated carbocycles. The van der Waals surface area contributed by atoms with Crippen LogP contribution in [0.3, 0.4) is 0 Å². The van der Waals surface area contributed by atoms with Crippen molar-refractivity contribution >= 4 is 11.9 Å². The largest absolute Gasteiger partial charge is 0.459 e. The van der Waals surface area contributed by atoms with E-state index in [9.17, 15) is 14.7 Å². The van der Waals surface area contributed by atoms with E-state index in [0.29, 0.717) is 11.1 Å². The number of carbonyl (C=O) groups excluding carboxylic acids is 2. The lowest BCUT2D eigenvalue weighted by atomic mass is 9.98. The molecule has 1 heterocycles. The fourth-order valence-corrected chi connectivity index (χ4v) is 3.03. The van der Waals surface area contributed by atoms with E-state index in [1.165, 1.54) is 7.11 Å². The van der Waals surface area contributed by atoms with Crippen LogP contribution >= 0.6 is 0 Å². The highest BCUT2D eigenvalue weighted by molar-refractivity contribution is 5.90. The van der Waals surface area contributed by atoms with Gasteiger partial charge in [-0.15, -0.1) is 0 Å². The van der Waals surface area contributed by atoms with Crippen LogP contribution < -0.4 is 0 Å². The van der Waals surface area contributed by atoms with Gasteiger partial charge in [0, 0.05) is 7.11 Å². The van der Waals surface area contributed by atoms with Crippen LogP contribution in [-0.4, -0.2) is 54.9 Å². The number of hydrogen-bond donors (Lipinski definition) is 1. The van der Waals surface area contributed by atoms with Gasteiger partial charge in [-0.25, -0.2) is 9.59 Å². The van der Waals surface area contributed by atoms with Crippen LogP contribution in [-0.2, 0) is 18.9 Å². The van der Waals surface area contributed by atoms with Crippen molar-refractivity contribution in [2.45, 2.75) is 31.0 Å². The summed E-state index contributed by atoms with van der Waals surface area (Å²) >= 11 is 0. The van der Waals surface area contributed by atoms with E-state index in [4.69, 9.17) is 18.9 Å². The van der Waals surface area contributed by atoms with Crippen molar-refractivity contribution in [3.63, 3.8) is 0 Å². The summed E-state index contributed by atoms with van der Waals surface area (Å²) in [5.41, 5.74) is -0.570. The maximum absolute atomic E-state index is 12.5. The summed E-state index contributed by atoms with van der Waals surface area (Å²) < 4.78 is 21.7. The molecule has 148 valence electrons. The molecule has 1 saturated heterocycles. The molecule has 0 aliphatic carbocycles. The van der Waals surface area contributed by atoms with Gasteiger partial charge in [-0.3, -0.25) is 0 Å². The van der Waals surface area contributed by atoms with Crippen LogP contribution in [0, 0.1) is 0 Å². The number of benzene rings is 2. The number of rotatable bonds is 6. The second-order valence-electron chi connectivity index (χ2n) is 6.66. The van der Waals surface area contributed by atoms with Crippen molar-refractivity contribution < 1.29 is 33.6 Å². The van der Waals surface area contributed by atoms with Crippen LogP contribution in [0.4, 0.5) is 0 Å². The van der Waals surface area contributed by atoms with E-state index in [0.717, 1.165) is 0 Å². The molecule has 7 heteroatoms. The van der Waals surface area contributed by atoms with Crippen molar-refractivity contribution in [2.24, 2.45) is 0 Å². The maximum Gasteiger partial charge on any atom is 0.338 e. The molecule has 0 bridgehead atoms. The zero-order chi connectivity index (χ0) is 20.1. The molecule has 0 spiro atoms. The highest BCUT2D eigenvalue weighted by Gasteiger charge is 2.55. The zero-order valence-corrected chi connectivity index (χ0v) is 15.6. The lowest BCUT2D eigenvalue weighted by Gasteiger charge is -2.29. The first kappa shape index (κ1) is 20.0. The average Bonchev–Trinajstić information content (AvgIpc) is 2.98. The van der Waals surface area contributed by atoms with Crippen molar-refractivity contribution in [1.29, 1.82) is 0 Å². The normalized spacial score (nSPS) is 26.6. The second-order valence-corrected chi connectivity index (χ2v) is 6.66. The minimum atomic E-state index is -1.28. The summed E-state index contributed by atoms with van der Waals surface area (Å²) in [6.07, 6.45) is -3.35. The van der Waals surface area contributed by atoms with Gasteiger partial charge < -0.3 is 24.1 Å². The SMILES string of the molecule is COC1OC(C)(COC(=O)c2ccccc2)C(OC(=O)c2ccccc2)C1O. The summed E-state index contributed by atoms with van der Waals surface area (Å²) in [7, 11) is 1.37. The Morgan fingerprint density at radius 3 is 2.07 bits per heavy atom. The first-order valence-corrected chi connectivity index (χ1v) is 8.81. The number of carbonyl (C=O) groups is 2. The predicted octanol–water partition coefficient (Wildman–Crippen LogP) is 2.19. The van der Waals surface area contributed by atoms with E-state index >= 15 is 0 Å². The van der Waals surface area contributed by atoms with Gasteiger partial charge in [0.2, 0.25) is 0 Å². The standard InChI is InChI=1S/C21H22O7/c1-21(13-26-18(23)14-9-5-3-6-10-14)17(16(22)20(25-2)28-21)27-19(24)15-11-7-4-8-12-15/h3-12,16-17,20,22H,13H2,1-2H3. The van der Waals surface area contributed by atoms with Crippen LogP contribution in [0.25, 0.3) is 0 Å². The summed E-state index contributed by atoms with van der Waals surface area (Å²) in [6.45, 7) is 1.36. The Labute approximate surface area is 162 Å². The van der Waals surface area contributed by atoms with E-state index in [1.807, 2.05) is 0 Å². The Balaban J connectivity index is 1.74. The van der Waals surface area contributed by atoms with Gasteiger partial charge in [-0.05, 0) is 31.2 Å². The third kappa shape index (κ3) is 4.22. The minimum Gasteiger partial charge on any atom is -0.459 e. The quantitative estimate of drug-likeness (QED) is 0.761. The Hall–Kier alpha value is -2.74. The molecule has 1 fully saturated rings. The monoisotopic (exact) mass is 386 g/mol. The third-order valence-electron chi connectivity index (χ3n) is 4.55. The van der Waals surface area contributed by atoms with Crippen LogP contribution in [0.15, 0.2) is 60.7 Å². The predicted molar refractivity (Wildman–Crippen MR) is 98.7 cm³/mol. The topological polar surface area (TPSA) is 91.3 Å². The maximum atomic E-state index is 12.5. The molecule has 1 N–H and O–H groups in total. The Kier molecular flexibility index (Phi) is 6.08. The van der Waals surface area contributed by atoms with Crippen molar-refractivity contribution in [1.82, 2.24) is 0 Å². The van der Waals surface area contributed by atoms with E-state index in [-0.39, 0.29) is 6.61 Å². The number of esters is 2. The van der Waals surface area contributed by atoms with E-state index < -0.39 is 36.0 Å². The van der Waals surface area contributed by atoms with Crippen LogP contribution in [0.5, 0.6) is 0 Å². The fraction of sp³-hybridized carbons (Fsp3) is 0.333. The van der Waals surface area contributed by atoms with Crippen molar-refractivity contribution in [2.75, 3.05) is 13.7 Å². The molecule has 3 rings (SSSR count). The highest BCUT2D eigenvalue weighted by Crippen LogP contribution is 2.35. The molecule has 7 nitrogen and oxygen atoms in total. The molecule has 28 heavy (non-hydrogen) atoms. The molecule has 0 amide bonds. The minimum absolute atomic E-state index is 0.232. The molecule has 2 aromatic rings. The van der Waals surface area contributed by atoms with Gasteiger partial charge in [0.15, 0.2) is 12.4 Å². The third-order valence-corrected chi connectivity index (χ3v) is 4.55. The number of aliphatic hydroxyl groups excluding tert-OH is 1. The molecule has 4 unspecified atom stereocenters. The zero-order valence-electron chi connectivity index (χ0n) is 15.6. The molecule has 1 aliphatic rings. The Morgan fingerprint density at radius 1 is 1.00 bits per heavy atom. The lowest BCUT2D eigenvalue weighted by molar-refractivity contribution is -0.182. The molecular weight excluding hydrogens is 364 g/mol. The number of ether oxygens (including phenoxy) is 4. The second kappa shape index (κ2) is 8.52. The molecule has 0 radical (unpaired) electrons. The first-order chi connectivity index (χ1) is 13.4. The Morgan fingerprint density at radius 2 is 1.54 bits per heavy atom. The van der Waals surface area contributed by atoms with Crippen molar-refractivity contribution in [3.8, 4) is 0 Å². The Bertz CT molecular complexity index is 808. The fourth-order valence-electron chi connectivity index (χ4n) is 3.03. The molecular formula is C21H22O7. The number of hydrogen-bond acceptors (Lipinski definition) is 7. The van der Waals surface area contributed by atoms with Gasteiger partial charge in [-0.1, -0.05) is 36.4 Å². The smallest absolute Gasteiger partial charge is 0.338 e. The van der Waals surface area contributed by atoms with Crippen molar-refractivity contribution in [3.05, 3.63) is 71.8 Å². The first-order valence-electron chi connectivity index (χ1n) is 8.81. The van der Waals surface area contributed by atoms with Crippen LogP contribution in [0.2, 0.25) is 0 Å². The highest BCUT2D eigenvalue weighted by atomic mass is 16.7. The van der Waals surface area contributed by atoms with Gasteiger partial charge in [-0.2, -0.15) is 0 Å². The molecule has 1 aliphatic heterocycles. The van der Waals surface area contributed by atoms with Crippen LogP contribution in [0.1, 0.15) is 27.6 Å². The molecule has 2 aromatic carbocycles. The molecule has 4 atom stereocenters. The summed E-state index contributed by atoms with van der Waals surface area (Å²) in [5, 5.41) is 10.5. The summed E-state index contributed by atoms with van der Waals surface area (Å²) in [5.74, 6) is -1.17. The lowest BCUT2D eigenvalue weighted by Crippen LogP contribution is -2.47. The van der Waals surface area contributed by atoms with E-state index in [2.05, 4.69) is 0 Å². The summed E-state index contributed by atoms with van der Waals surface area (Å²) in [4.78, 5) is 24.7. The van der Waals surface area contributed by atoms with Gasteiger partial charge in [0.1, 0.15) is 18.3 Å². The number of methoxy groups -OCH3 is 1. The van der Waals surface area contributed by atoms with E-state index in [1.54, 1.807) is 67.6 Å². The van der Waals surface area contributed by atoms with Gasteiger partial charge in [0.25, 0.3) is 0 Å².